The van der Waals surface area contributed by atoms with Gasteiger partial charge in [-0.05, 0) is 56.2 Å². The fraction of sp³-hybridized carbons (Fsp3) is 0.381. The summed E-state index contributed by atoms with van der Waals surface area (Å²) in [6, 6.07) is 8.66. The molecule has 0 unspecified atom stereocenters. The zero-order valence-electron chi connectivity index (χ0n) is 17.9. The molecule has 2 rings (SSSR count). The zero-order valence-corrected chi connectivity index (χ0v) is 19.5. The molecule has 2 aromatic rings. The van der Waals surface area contributed by atoms with Crippen molar-refractivity contribution in [2.24, 2.45) is 0 Å². The van der Waals surface area contributed by atoms with Crippen LogP contribution in [0.5, 0.6) is 17.2 Å². The van der Waals surface area contributed by atoms with Crippen molar-refractivity contribution < 1.29 is 27.4 Å². The van der Waals surface area contributed by atoms with Crippen LogP contribution in [0.25, 0.3) is 0 Å². The van der Waals surface area contributed by atoms with Crippen LogP contribution in [-0.2, 0) is 21.2 Å². The summed E-state index contributed by atoms with van der Waals surface area (Å²) in [5.41, 5.74) is 0.940. The van der Waals surface area contributed by atoms with Gasteiger partial charge in [0, 0.05) is 6.54 Å². The van der Waals surface area contributed by atoms with Crippen molar-refractivity contribution in [2.75, 3.05) is 27.4 Å². The monoisotopic (exact) mass is 470 g/mol. The third-order valence-electron chi connectivity index (χ3n) is 4.40. The quantitative estimate of drug-likeness (QED) is 0.523. The third kappa shape index (κ3) is 6.75. The van der Waals surface area contributed by atoms with E-state index in [-0.39, 0.29) is 9.92 Å². The number of carbonyl (C=O) groups is 1. The molecule has 10 heteroatoms. The molecule has 0 radical (unpaired) electrons. The molecule has 0 aliphatic rings. The van der Waals surface area contributed by atoms with E-state index in [1.54, 1.807) is 27.2 Å². The van der Waals surface area contributed by atoms with E-state index in [0.717, 1.165) is 5.56 Å². The molecule has 1 atom stereocenters. The molecule has 0 heterocycles. The maximum Gasteiger partial charge on any atom is 0.241 e. The molecule has 2 N–H and O–H groups in total. The Bertz CT molecular complexity index is 1010. The molecule has 0 spiro atoms. The van der Waals surface area contributed by atoms with Gasteiger partial charge in [0.2, 0.25) is 15.9 Å². The van der Waals surface area contributed by atoms with E-state index >= 15 is 0 Å². The molecule has 0 aromatic heterocycles. The van der Waals surface area contributed by atoms with Gasteiger partial charge in [0.1, 0.15) is 5.75 Å². The average Bonchev–Trinajstić information content (AvgIpc) is 2.74. The van der Waals surface area contributed by atoms with E-state index in [4.69, 9.17) is 25.8 Å². The Morgan fingerprint density at radius 1 is 1.06 bits per heavy atom. The smallest absolute Gasteiger partial charge is 0.241 e. The standard InChI is InChI=1S/C21H27ClN2O6S/c1-5-30-18-9-7-16(13-17(18)22)31(26,27)24-14(2)21(25)23-11-10-15-6-8-19(28-3)20(12-15)29-4/h6-9,12-14,24H,5,10-11H2,1-4H3,(H,23,25)/t14-/m1/s1. The van der Waals surface area contributed by atoms with Gasteiger partial charge in [-0.15, -0.1) is 0 Å². The summed E-state index contributed by atoms with van der Waals surface area (Å²) in [5.74, 6) is 1.17. The SMILES string of the molecule is CCOc1ccc(S(=O)(=O)N[C@H](C)C(=O)NCCc2ccc(OC)c(OC)c2)cc1Cl. The molecule has 8 nitrogen and oxygen atoms in total. The first-order valence-electron chi connectivity index (χ1n) is 9.65. The van der Waals surface area contributed by atoms with Gasteiger partial charge in [0.15, 0.2) is 11.5 Å². The molecule has 0 bridgehead atoms. The topological polar surface area (TPSA) is 103 Å². The highest BCUT2D eigenvalue weighted by atomic mass is 35.5. The van der Waals surface area contributed by atoms with E-state index in [2.05, 4.69) is 10.0 Å². The summed E-state index contributed by atoms with van der Waals surface area (Å²) in [5, 5.41) is 2.90. The fourth-order valence-corrected chi connectivity index (χ4v) is 4.32. The number of rotatable bonds is 11. The van der Waals surface area contributed by atoms with Gasteiger partial charge in [-0.25, -0.2) is 8.42 Å². The van der Waals surface area contributed by atoms with Crippen LogP contribution in [0.15, 0.2) is 41.3 Å². The molecule has 0 aliphatic carbocycles. The molecular weight excluding hydrogens is 444 g/mol. The van der Waals surface area contributed by atoms with Gasteiger partial charge >= 0.3 is 0 Å². The first-order valence-corrected chi connectivity index (χ1v) is 11.5. The highest BCUT2D eigenvalue weighted by molar-refractivity contribution is 7.89. The Labute approximate surface area is 187 Å². The van der Waals surface area contributed by atoms with Gasteiger partial charge < -0.3 is 19.5 Å². The number of benzene rings is 2. The van der Waals surface area contributed by atoms with Crippen LogP contribution in [0.1, 0.15) is 19.4 Å². The van der Waals surface area contributed by atoms with E-state index in [0.29, 0.717) is 36.8 Å². The minimum absolute atomic E-state index is 0.0501. The Kier molecular flexibility index (Phi) is 8.97. The molecule has 0 saturated carbocycles. The number of sulfonamides is 1. The maximum atomic E-state index is 12.6. The van der Waals surface area contributed by atoms with Crippen molar-refractivity contribution in [3.05, 3.63) is 47.0 Å². The van der Waals surface area contributed by atoms with Crippen LogP contribution < -0.4 is 24.2 Å². The highest BCUT2D eigenvalue weighted by Crippen LogP contribution is 2.28. The summed E-state index contributed by atoms with van der Waals surface area (Å²) in [6.45, 7) is 4.01. The molecule has 2 aromatic carbocycles. The normalized spacial score (nSPS) is 12.2. The Morgan fingerprint density at radius 3 is 2.35 bits per heavy atom. The third-order valence-corrected chi connectivity index (χ3v) is 6.23. The van der Waals surface area contributed by atoms with E-state index in [9.17, 15) is 13.2 Å². The van der Waals surface area contributed by atoms with Crippen LogP contribution in [-0.4, -0.2) is 47.7 Å². The average molecular weight is 471 g/mol. The molecule has 31 heavy (non-hydrogen) atoms. The predicted octanol–water partition coefficient (Wildman–Crippen LogP) is 2.78. The lowest BCUT2D eigenvalue weighted by molar-refractivity contribution is -0.122. The number of hydrogen-bond donors (Lipinski definition) is 2. The van der Waals surface area contributed by atoms with Crippen LogP contribution in [0.3, 0.4) is 0 Å². The second-order valence-corrected chi connectivity index (χ2v) is 8.72. The lowest BCUT2D eigenvalue weighted by atomic mass is 10.1. The summed E-state index contributed by atoms with van der Waals surface area (Å²) >= 11 is 6.07. The number of nitrogens with one attached hydrogen (secondary N) is 2. The molecule has 1 amide bonds. The predicted molar refractivity (Wildman–Crippen MR) is 119 cm³/mol. The molecular formula is C21H27ClN2O6S. The second kappa shape index (κ2) is 11.2. The first-order chi connectivity index (χ1) is 14.7. The number of hydrogen-bond acceptors (Lipinski definition) is 6. The van der Waals surface area contributed by atoms with Gasteiger partial charge in [0.25, 0.3) is 0 Å². The Balaban J connectivity index is 1.93. The largest absolute Gasteiger partial charge is 0.493 e. The summed E-state index contributed by atoms with van der Waals surface area (Å²) in [7, 11) is -0.827. The molecule has 0 fully saturated rings. The van der Waals surface area contributed by atoms with E-state index in [1.807, 2.05) is 12.1 Å². The van der Waals surface area contributed by atoms with Crippen LogP contribution in [0.4, 0.5) is 0 Å². The van der Waals surface area contributed by atoms with Crippen molar-refractivity contribution in [1.82, 2.24) is 10.0 Å². The van der Waals surface area contributed by atoms with Crippen LogP contribution in [0, 0.1) is 0 Å². The molecule has 0 saturated heterocycles. The van der Waals surface area contributed by atoms with E-state index in [1.165, 1.54) is 25.1 Å². The van der Waals surface area contributed by atoms with Crippen molar-refractivity contribution in [1.29, 1.82) is 0 Å². The summed E-state index contributed by atoms with van der Waals surface area (Å²) in [4.78, 5) is 12.3. The van der Waals surface area contributed by atoms with Crippen molar-refractivity contribution in [3.63, 3.8) is 0 Å². The lowest BCUT2D eigenvalue weighted by Crippen LogP contribution is -2.45. The minimum atomic E-state index is -3.93. The second-order valence-electron chi connectivity index (χ2n) is 6.60. The van der Waals surface area contributed by atoms with Crippen molar-refractivity contribution in [3.8, 4) is 17.2 Å². The van der Waals surface area contributed by atoms with E-state index < -0.39 is 22.0 Å². The minimum Gasteiger partial charge on any atom is -0.493 e. The Morgan fingerprint density at radius 2 is 1.74 bits per heavy atom. The zero-order chi connectivity index (χ0) is 23.0. The maximum absolute atomic E-state index is 12.6. The van der Waals surface area contributed by atoms with Gasteiger partial charge in [0.05, 0.1) is 36.8 Å². The number of carbonyl (C=O) groups excluding carboxylic acids is 1. The number of methoxy groups -OCH3 is 2. The Hall–Kier alpha value is -2.49. The lowest BCUT2D eigenvalue weighted by Gasteiger charge is -2.15. The van der Waals surface area contributed by atoms with Crippen molar-refractivity contribution in [2.45, 2.75) is 31.2 Å². The van der Waals surface area contributed by atoms with Crippen LogP contribution >= 0.6 is 11.6 Å². The van der Waals surface area contributed by atoms with Gasteiger partial charge in [-0.3, -0.25) is 4.79 Å². The summed E-state index contributed by atoms with van der Waals surface area (Å²) in [6.07, 6.45) is 0.542. The fourth-order valence-electron chi connectivity index (χ4n) is 2.79. The number of halogens is 1. The highest BCUT2D eigenvalue weighted by Gasteiger charge is 2.22. The van der Waals surface area contributed by atoms with Gasteiger partial charge in [-0.1, -0.05) is 17.7 Å². The van der Waals surface area contributed by atoms with Crippen LogP contribution in [0.2, 0.25) is 5.02 Å². The van der Waals surface area contributed by atoms with Crippen molar-refractivity contribution >= 4 is 27.5 Å². The number of amides is 1. The first kappa shape index (κ1) is 24.8. The molecule has 170 valence electrons. The summed E-state index contributed by atoms with van der Waals surface area (Å²) < 4.78 is 43.3. The molecule has 0 aliphatic heterocycles. The van der Waals surface area contributed by atoms with Gasteiger partial charge in [-0.2, -0.15) is 4.72 Å². The number of ether oxygens (including phenoxy) is 3.